The van der Waals surface area contributed by atoms with Crippen molar-refractivity contribution in [3.63, 3.8) is 0 Å². The quantitative estimate of drug-likeness (QED) is 0.629. The molecular weight excluding hydrogens is 314 g/mol. The van der Waals surface area contributed by atoms with Crippen LogP contribution in [0.1, 0.15) is 46.1 Å². The molecule has 124 valence electrons. The average molecular weight is 337 g/mol. The molecule has 0 radical (unpaired) electrons. The van der Waals surface area contributed by atoms with Gasteiger partial charge in [0.2, 0.25) is 0 Å². The highest BCUT2D eigenvalue weighted by Crippen LogP contribution is 2.49. The number of carbonyl (C=O) groups is 1. The Morgan fingerprint density at radius 2 is 1.70 bits per heavy atom. The van der Waals surface area contributed by atoms with Crippen LogP contribution in [0, 0.1) is 0 Å². The Balaban J connectivity index is 1.96. The zero-order valence-electron chi connectivity index (χ0n) is 14.2. The summed E-state index contributed by atoms with van der Waals surface area (Å²) in [5.74, 6) is -0.209. The lowest BCUT2D eigenvalue weighted by molar-refractivity contribution is -0.143. The van der Waals surface area contributed by atoms with Gasteiger partial charge in [-0.15, -0.1) is 0 Å². The van der Waals surface area contributed by atoms with E-state index in [1.165, 1.54) is 7.11 Å². The highest BCUT2D eigenvalue weighted by Gasteiger charge is 2.54. The molecule has 2 aliphatic rings. The monoisotopic (exact) mass is 336 g/mol. The summed E-state index contributed by atoms with van der Waals surface area (Å²) in [5, 5.41) is 0.572. The van der Waals surface area contributed by atoms with E-state index in [1.807, 2.05) is 45.9 Å². The Morgan fingerprint density at radius 3 is 2.17 bits per heavy atom. The number of hydrogen-bond acceptors (Lipinski definition) is 4. The summed E-state index contributed by atoms with van der Waals surface area (Å²) in [7, 11) is 0.924. The number of benzene rings is 1. The molecule has 2 fully saturated rings. The number of hydrogen-bond donors (Lipinski definition) is 0. The summed E-state index contributed by atoms with van der Waals surface area (Å²) in [4.78, 5) is 12.1. The fourth-order valence-corrected chi connectivity index (χ4v) is 3.18. The highest BCUT2D eigenvalue weighted by atomic mass is 35.5. The third-order valence-corrected chi connectivity index (χ3v) is 5.54. The molecule has 0 aromatic heterocycles. The smallest absolute Gasteiger partial charge is 0.468 e. The third kappa shape index (κ3) is 2.69. The van der Waals surface area contributed by atoms with E-state index in [1.54, 1.807) is 0 Å². The van der Waals surface area contributed by atoms with Gasteiger partial charge >= 0.3 is 13.1 Å². The number of halogens is 1. The van der Waals surface area contributed by atoms with Crippen molar-refractivity contribution in [2.75, 3.05) is 7.11 Å². The molecule has 1 saturated heterocycles. The molecule has 1 aromatic carbocycles. The molecule has 0 bridgehead atoms. The van der Waals surface area contributed by atoms with Gasteiger partial charge in [0.05, 0.1) is 23.7 Å². The molecule has 0 unspecified atom stereocenters. The second kappa shape index (κ2) is 5.23. The summed E-state index contributed by atoms with van der Waals surface area (Å²) in [6.07, 6.45) is 1.56. The molecule has 3 rings (SSSR count). The number of ether oxygens (including phenoxy) is 1. The van der Waals surface area contributed by atoms with Crippen molar-refractivity contribution >= 4 is 30.2 Å². The maximum atomic E-state index is 12.1. The van der Waals surface area contributed by atoms with Crippen LogP contribution in [0.3, 0.4) is 0 Å². The lowest BCUT2D eigenvalue weighted by Gasteiger charge is -2.32. The van der Waals surface area contributed by atoms with E-state index in [4.69, 9.17) is 25.6 Å². The molecule has 0 spiro atoms. The van der Waals surface area contributed by atoms with Crippen molar-refractivity contribution in [2.24, 2.45) is 0 Å². The molecule has 23 heavy (non-hydrogen) atoms. The van der Waals surface area contributed by atoms with Crippen LogP contribution in [0.15, 0.2) is 18.2 Å². The minimum absolute atomic E-state index is 0.209. The summed E-state index contributed by atoms with van der Waals surface area (Å²) in [6, 6.07) is 5.62. The van der Waals surface area contributed by atoms with Crippen LogP contribution < -0.4 is 5.46 Å². The Hall–Kier alpha value is -1.04. The van der Waals surface area contributed by atoms with E-state index in [2.05, 4.69) is 0 Å². The molecule has 0 atom stereocenters. The van der Waals surface area contributed by atoms with E-state index in [0.29, 0.717) is 5.02 Å². The number of methoxy groups -OCH3 is 1. The predicted molar refractivity (Wildman–Crippen MR) is 90.1 cm³/mol. The van der Waals surface area contributed by atoms with E-state index in [-0.39, 0.29) is 5.97 Å². The fraction of sp³-hybridized carbons (Fsp3) is 0.588. The van der Waals surface area contributed by atoms with Crippen LogP contribution in [-0.4, -0.2) is 31.4 Å². The molecule has 1 heterocycles. The lowest BCUT2D eigenvalue weighted by atomic mass is 9.77. The van der Waals surface area contributed by atoms with Crippen LogP contribution in [0.2, 0.25) is 5.02 Å². The maximum absolute atomic E-state index is 12.1. The molecule has 0 amide bonds. The van der Waals surface area contributed by atoms with Crippen molar-refractivity contribution < 1.29 is 18.8 Å². The van der Waals surface area contributed by atoms with E-state index >= 15 is 0 Å². The van der Waals surface area contributed by atoms with Gasteiger partial charge in [-0.3, -0.25) is 4.79 Å². The second-order valence-electron chi connectivity index (χ2n) is 7.44. The summed E-state index contributed by atoms with van der Waals surface area (Å²) in [5.41, 5.74) is 0.320. The van der Waals surface area contributed by atoms with Gasteiger partial charge in [0.1, 0.15) is 0 Å². The van der Waals surface area contributed by atoms with Gasteiger partial charge in [-0.25, -0.2) is 0 Å². The van der Waals surface area contributed by atoms with Crippen LogP contribution in [0.4, 0.5) is 0 Å². The summed E-state index contributed by atoms with van der Waals surface area (Å²) < 4.78 is 17.1. The highest BCUT2D eigenvalue weighted by molar-refractivity contribution is 6.62. The van der Waals surface area contributed by atoms with Gasteiger partial charge in [0.25, 0.3) is 0 Å². The molecule has 6 heteroatoms. The lowest BCUT2D eigenvalue weighted by Crippen LogP contribution is -2.41. The van der Waals surface area contributed by atoms with Crippen molar-refractivity contribution in [1.82, 2.24) is 0 Å². The van der Waals surface area contributed by atoms with E-state index in [0.717, 1.165) is 23.9 Å². The van der Waals surface area contributed by atoms with Gasteiger partial charge in [-0.1, -0.05) is 17.7 Å². The van der Waals surface area contributed by atoms with Gasteiger partial charge in [0, 0.05) is 5.02 Å². The fourth-order valence-electron chi connectivity index (χ4n) is 2.93. The zero-order valence-corrected chi connectivity index (χ0v) is 15.0. The van der Waals surface area contributed by atoms with Crippen molar-refractivity contribution in [2.45, 2.75) is 57.2 Å². The van der Waals surface area contributed by atoms with Gasteiger partial charge < -0.3 is 14.0 Å². The minimum Gasteiger partial charge on any atom is -0.468 e. The van der Waals surface area contributed by atoms with Crippen LogP contribution in [0.25, 0.3) is 0 Å². The average Bonchev–Trinajstić information content (AvgIpc) is 3.22. The Labute approximate surface area is 142 Å². The predicted octanol–water partition coefficient (Wildman–Crippen LogP) is 2.84. The minimum atomic E-state index is -0.558. The summed E-state index contributed by atoms with van der Waals surface area (Å²) in [6.45, 7) is 8.04. The zero-order chi connectivity index (χ0) is 17.0. The standard InChI is InChI=1S/C17H22BClO4/c1-15(2)16(3,4)23-18(22-15)12-8-11(9-13(19)10-12)17(6-7-17)14(20)21-5/h8-10H,6-7H2,1-5H3. The Morgan fingerprint density at radius 1 is 1.13 bits per heavy atom. The number of carbonyl (C=O) groups excluding carboxylic acids is 1. The van der Waals surface area contributed by atoms with Gasteiger partial charge in [-0.2, -0.15) is 0 Å². The third-order valence-electron chi connectivity index (χ3n) is 5.32. The van der Waals surface area contributed by atoms with Crippen molar-refractivity contribution in [1.29, 1.82) is 0 Å². The SMILES string of the molecule is COC(=O)C1(c2cc(Cl)cc(B3OC(C)(C)C(C)(C)O3)c2)CC1. The molecule has 1 saturated carbocycles. The van der Waals surface area contributed by atoms with Crippen LogP contribution in [-0.2, 0) is 24.3 Å². The topological polar surface area (TPSA) is 44.8 Å². The van der Waals surface area contributed by atoms with Gasteiger partial charge in [0.15, 0.2) is 0 Å². The maximum Gasteiger partial charge on any atom is 0.494 e. The molecule has 0 N–H and O–H groups in total. The first kappa shape index (κ1) is 16.8. The van der Waals surface area contributed by atoms with Crippen molar-refractivity contribution in [3.8, 4) is 0 Å². The largest absolute Gasteiger partial charge is 0.494 e. The Kier molecular flexibility index (Phi) is 3.82. The number of rotatable bonds is 3. The first-order valence-electron chi connectivity index (χ1n) is 7.86. The van der Waals surface area contributed by atoms with E-state index in [9.17, 15) is 4.79 Å². The summed E-state index contributed by atoms with van der Waals surface area (Å²) >= 11 is 6.29. The van der Waals surface area contributed by atoms with Crippen molar-refractivity contribution in [3.05, 3.63) is 28.8 Å². The molecule has 1 aliphatic carbocycles. The van der Waals surface area contributed by atoms with E-state index < -0.39 is 23.7 Å². The van der Waals surface area contributed by atoms with Crippen LogP contribution in [0.5, 0.6) is 0 Å². The molecule has 1 aliphatic heterocycles. The first-order valence-corrected chi connectivity index (χ1v) is 8.24. The molecule has 4 nitrogen and oxygen atoms in total. The molecule has 1 aromatic rings. The number of esters is 1. The first-order chi connectivity index (χ1) is 10.6. The van der Waals surface area contributed by atoms with Crippen LogP contribution >= 0.6 is 11.6 Å². The Bertz CT molecular complexity index is 636. The molecular formula is C17H22BClO4. The normalized spacial score (nSPS) is 23.7. The van der Waals surface area contributed by atoms with Gasteiger partial charge in [-0.05, 0) is 63.7 Å². The second-order valence-corrected chi connectivity index (χ2v) is 7.87.